The van der Waals surface area contributed by atoms with Gasteiger partial charge in [-0.3, -0.25) is 9.59 Å². The Kier molecular flexibility index (Phi) is 4.46. The van der Waals surface area contributed by atoms with Gasteiger partial charge < -0.3 is 0 Å². The molecule has 0 unspecified atom stereocenters. The highest BCUT2D eigenvalue weighted by Gasteiger charge is 2.50. The molecule has 1 aromatic carbocycles. The van der Waals surface area contributed by atoms with Crippen molar-refractivity contribution in [3.63, 3.8) is 0 Å². The lowest BCUT2D eigenvalue weighted by atomic mass is 9.71. The van der Waals surface area contributed by atoms with Gasteiger partial charge in [0.05, 0.1) is 5.41 Å². The fourth-order valence-corrected chi connectivity index (χ4v) is 3.18. The molecule has 0 aromatic heterocycles. The van der Waals surface area contributed by atoms with E-state index in [1.807, 2.05) is 20.8 Å². The first kappa shape index (κ1) is 15.7. The van der Waals surface area contributed by atoms with Gasteiger partial charge in [-0.2, -0.15) is 0 Å². The number of ketones is 2. The van der Waals surface area contributed by atoms with Crippen LogP contribution in [0.15, 0.2) is 30.3 Å². The summed E-state index contributed by atoms with van der Waals surface area (Å²) in [5.41, 5.74) is 2.72. The van der Waals surface area contributed by atoms with Crippen molar-refractivity contribution in [2.24, 2.45) is 11.3 Å². The molecular formula is C19H24O2. The van der Waals surface area contributed by atoms with Gasteiger partial charge in [0.1, 0.15) is 11.6 Å². The third-order valence-corrected chi connectivity index (χ3v) is 4.80. The lowest BCUT2D eigenvalue weighted by molar-refractivity contribution is -0.137. The molecule has 1 saturated carbocycles. The molecule has 0 N–H and O–H groups in total. The van der Waals surface area contributed by atoms with Crippen LogP contribution in [0.4, 0.5) is 0 Å². The van der Waals surface area contributed by atoms with E-state index < -0.39 is 5.41 Å². The number of allylic oxidation sites excluding steroid dienone is 2. The van der Waals surface area contributed by atoms with E-state index >= 15 is 0 Å². The lowest BCUT2D eigenvalue weighted by Gasteiger charge is -2.29. The van der Waals surface area contributed by atoms with Gasteiger partial charge in [-0.15, -0.1) is 0 Å². The predicted molar refractivity (Wildman–Crippen MR) is 86.0 cm³/mol. The third-order valence-electron chi connectivity index (χ3n) is 4.80. The van der Waals surface area contributed by atoms with E-state index in [1.165, 1.54) is 5.56 Å². The summed E-state index contributed by atoms with van der Waals surface area (Å²) in [5, 5.41) is 0. The van der Waals surface area contributed by atoms with E-state index in [-0.39, 0.29) is 17.5 Å². The van der Waals surface area contributed by atoms with E-state index in [4.69, 9.17) is 0 Å². The van der Waals surface area contributed by atoms with Gasteiger partial charge in [0, 0.05) is 12.8 Å². The van der Waals surface area contributed by atoms with E-state index in [2.05, 4.69) is 37.3 Å². The molecule has 2 nitrogen and oxygen atoms in total. The zero-order chi connectivity index (χ0) is 15.6. The Hall–Kier alpha value is -1.70. The van der Waals surface area contributed by atoms with Crippen molar-refractivity contribution in [1.82, 2.24) is 0 Å². The number of carbonyl (C=O) groups excluding carboxylic acids is 2. The zero-order valence-electron chi connectivity index (χ0n) is 13.4. The molecule has 0 bridgehead atoms. The van der Waals surface area contributed by atoms with Gasteiger partial charge in [-0.1, -0.05) is 49.8 Å². The van der Waals surface area contributed by atoms with Crippen molar-refractivity contribution >= 4 is 17.1 Å². The topological polar surface area (TPSA) is 34.1 Å². The molecule has 0 amide bonds. The highest BCUT2D eigenvalue weighted by Crippen LogP contribution is 2.42. The number of aryl methyl sites for hydroxylation is 1. The van der Waals surface area contributed by atoms with Crippen LogP contribution in [-0.2, 0) is 9.59 Å². The Labute approximate surface area is 127 Å². The van der Waals surface area contributed by atoms with Crippen molar-refractivity contribution in [3.8, 4) is 0 Å². The fourth-order valence-electron chi connectivity index (χ4n) is 3.18. The summed E-state index contributed by atoms with van der Waals surface area (Å²) in [5.74, 6) is 0.299. The molecule has 2 rings (SSSR count). The Bertz CT molecular complexity index is 560. The van der Waals surface area contributed by atoms with Crippen LogP contribution in [0.3, 0.4) is 0 Å². The van der Waals surface area contributed by atoms with Crippen LogP contribution < -0.4 is 0 Å². The molecule has 1 fully saturated rings. The Morgan fingerprint density at radius 2 is 1.67 bits per heavy atom. The average Bonchev–Trinajstić information content (AvgIpc) is 2.73. The Morgan fingerprint density at radius 3 is 2.14 bits per heavy atom. The summed E-state index contributed by atoms with van der Waals surface area (Å²) in [6.45, 7) is 8.07. The van der Waals surface area contributed by atoms with Crippen molar-refractivity contribution < 1.29 is 9.59 Å². The fraction of sp³-hybridized carbons (Fsp3) is 0.474. The number of Topliss-reactive ketones (excluding diaryl/α,β-unsaturated/α-hetero) is 2. The van der Waals surface area contributed by atoms with Gasteiger partial charge in [-0.05, 0) is 37.3 Å². The van der Waals surface area contributed by atoms with Crippen molar-refractivity contribution in [3.05, 3.63) is 41.5 Å². The molecule has 0 atom stereocenters. The first-order valence-electron chi connectivity index (χ1n) is 7.68. The maximum absolute atomic E-state index is 12.3. The standard InChI is InChI=1S/C19H24O2/c1-13(2)19(17(20)9-10-18(19)21)12-11-15(4)16-7-5-14(3)6-8-16/h5-8,11,13H,9-10,12H2,1-4H3/b15-11+. The van der Waals surface area contributed by atoms with Crippen LogP contribution in [-0.4, -0.2) is 11.6 Å². The molecule has 0 aliphatic heterocycles. The molecule has 0 radical (unpaired) electrons. The second kappa shape index (κ2) is 5.97. The zero-order valence-corrected chi connectivity index (χ0v) is 13.4. The first-order chi connectivity index (χ1) is 9.87. The SMILES string of the molecule is C/C(=C\CC1(C(C)C)C(=O)CCC1=O)c1ccc(C)cc1. The second-order valence-corrected chi connectivity index (χ2v) is 6.43. The van der Waals surface area contributed by atoms with Gasteiger partial charge in [-0.25, -0.2) is 0 Å². The van der Waals surface area contributed by atoms with Gasteiger partial charge >= 0.3 is 0 Å². The normalized spacial score (nSPS) is 18.6. The Morgan fingerprint density at radius 1 is 1.14 bits per heavy atom. The Balaban J connectivity index is 2.26. The minimum atomic E-state index is -0.786. The molecule has 0 saturated heterocycles. The number of hydrogen-bond donors (Lipinski definition) is 0. The van der Waals surface area contributed by atoms with E-state index in [1.54, 1.807) is 0 Å². The van der Waals surface area contributed by atoms with E-state index in [0.717, 1.165) is 11.1 Å². The highest BCUT2D eigenvalue weighted by atomic mass is 16.2. The minimum absolute atomic E-state index is 0.0575. The molecule has 2 heteroatoms. The van der Waals surface area contributed by atoms with Crippen molar-refractivity contribution in [2.45, 2.75) is 47.0 Å². The smallest absolute Gasteiger partial charge is 0.147 e. The van der Waals surface area contributed by atoms with Crippen LogP contribution in [0.25, 0.3) is 5.57 Å². The third kappa shape index (κ3) is 2.85. The summed E-state index contributed by atoms with van der Waals surface area (Å²) in [7, 11) is 0. The molecular weight excluding hydrogens is 260 g/mol. The van der Waals surface area contributed by atoms with Crippen LogP contribution in [0.2, 0.25) is 0 Å². The van der Waals surface area contributed by atoms with Gasteiger partial charge in [0.15, 0.2) is 0 Å². The van der Waals surface area contributed by atoms with E-state index in [0.29, 0.717) is 19.3 Å². The largest absolute Gasteiger partial charge is 0.299 e. The molecule has 21 heavy (non-hydrogen) atoms. The lowest BCUT2D eigenvalue weighted by Crippen LogP contribution is -2.37. The van der Waals surface area contributed by atoms with Gasteiger partial charge in [0.2, 0.25) is 0 Å². The average molecular weight is 284 g/mol. The maximum Gasteiger partial charge on any atom is 0.147 e. The summed E-state index contributed by atoms with van der Waals surface area (Å²) in [4.78, 5) is 24.6. The summed E-state index contributed by atoms with van der Waals surface area (Å²) < 4.78 is 0. The van der Waals surface area contributed by atoms with Crippen LogP contribution in [0.1, 0.15) is 51.2 Å². The molecule has 0 spiro atoms. The summed E-state index contributed by atoms with van der Waals surface area (Å²) in [6.07, 6.45) is 3.41. The molecule has 1 aromatic rings. The van der Waals surface area contributed by atoms with Crippen molar-refractivity contribution in [2.75, 3.05) is 0 Å². The number of benzene rings is 1. The van der Waals surface area contributed by atoms with Crippen molar-refractivity contribution in [1.29, 1.82) is 0 Å². The van der Waals surface area contributed by atoms with Crippen LogP contribution in [0.5, 0.6) is 0 Å². The summed E-state index contributed by atoms with van der Waals surface area (Å²) >= 11 is 0. The number of carbonyl (C=O) groups is 2. The highest BCUT2D eigenvalue weighted by molar-refractivity contribution is 6.13. The van der Waals surface area contributed by atoms with Crippen LogP contribution >= 0.6 is 0 Å². The quantitative estimate of drug-likeness (QED) is 0.770. The molecule has 1 aliphatic carbocycles. The monoisotopic (exact) mass is 284 g/mol. The minimum Gasteiger partial charge on any atom is -0.299 e. The first-order valence-corrected chi connectivity index (χ1v) is 7.68. The maximum atomic E-state index is 12.3. The van der Waals surface area contributed by atoms with E-state index in [9.17, 15) is 9.59 Å². The van der Waals surface area contributed by atoms with Gasteiger partial charge in [0.25, 0.3) is 0 Å². The summed E-state index contributed by atoms with van der Waals surface area (Å²) in [6, 6.07) is 8.33. The molecule has 1 aliphatic rings. The number of rotatable bonds is 4. The molecule has 112 valence electrons. The second-order valence-electron chi connectivity index (χ2n) is 6.43. The molecule has 0 heterocycles. The number of hydrogen-bond acceptors (Lipinski definition) is 2. The van der Waals surface area contributed by atoms with Crippen LogP contribution in [0, 0.1) is 18.3 Å². The predicted octanol–water partition coefficient (Wildman–Crippen LogP) is 4.36.